The SMILES string of the molecule is NCCN[CH2][Al][NH2]. The van der Waals surface area contributed by atoms with Gasteiger partial charge in [0.25, 0.3) is 0 Å². The maximum Gasteiger partial charge on any atom is 0.333 e. The lowest BCUT2D eigenvalue weighted by molar-refractivity contribution is 0.776. The van der Waals surface area contributed by atoms with Gasteiger partial charge in [-0.1, -0.05) is 0 Å². The van der Waals surface area contributed by atoms with E-state index < -0.39 is 0 Å². The van der Waals surface area contributed by atoms with E-state index in [4.69, 9.17) is 10.5 Å². The lowest BCUT2D eigenvalue weighted by Gasteiger charge is -1.94. The quantitative estimate of drug-likeness (QED) is 0.296. The summed E-state index contributed by atoms with van der Waals surface area (Å²) >= 11 is 0.114. The van der Waals surface area contributed by atoms with Crippen LogP contribution in [0.1, 0.15) is 0 Å². The minimum atomic E-state index is 0.114. The summed E-state index contributed by atoms with van der Waals surface area (Å²) in [5, 5.41) is 4.03. The summed E-state index contributed by atoms with van der Waals surface area (Å²) < 4.78 is 5.25. The Labute approximate surface area is 50.4 Å². The molecule has 0 saturated carbocycles. The smallest absolute Gasteiger partial charge is 0.333 e. The van der Waals surface area contributed by atoms with E-state index in [9.17, 15) is 0 Å². The topological polar surface area (TPSA) is 64.1 Å². The highest BCUT2D eigenvalue weighted by molar-refractivity contribution is 6.31. The van der Waals surface area contributed by atoms with Gasteiger partial charge in [-0.25, -0.2) is 0 Å². The molecule has 4 heteroatoms. The van der Waals surface area contributed by atoms with Gasteiger partial charge >= 0.3 is 15.4 Å². The molecular formula is C3H11AlN3. The van der Waals surface area contributed by atoms with Crippen LogP contribution in [0.25, 0.3) is 0 Å². The number of hydrogen-bond acceptors (Lipinski definition) is 3. The normalized spacial score (nSPS) is 8.86. The van der Waals surface area contributed by atoms with E-state index in [1.807, 2.05) is 0 Å². The molecule has 0 fully saturated rings. The lowest BCUT2D eigenvalue weighted by atomic mass is 10.7. The van der Waals surface area contributed by atoms with Gasteiger partial charge in [-0.05, 0) is 5.41 Å². The van der Waals surface area contributed by atoms with Crippen LogP contribution in [-0.2, 0) is 0 Å². The molecule has 0 heterocycles. The van der Waals surface area contributed by atoms with Crippen LogP contribution in [0.3, 0.4) is 0 Å². The zero-order valence-electron chi connectivity index (χ0n) is 4.35. The molecule has 0 aromatic heterocycles. The van der Waals surface area contributed by atoms with E-state index >= 15 is 0 Å². The van der Waals surface area contributed by atoms with Gasteiger partial charge in [0.05, 0.1) is 0 Å². The van der Waals surface area contributed by atoms with Crippen molar-refractivity contribution in [3.8, 4) is 0 Å². The van der Waals surface area contributed by atoms with E-state index in [-0.39, 0.29) is 15.4 Å². The average Bonchev–Trinajstić information content (AvgIpc) is 1.69. The van der Waals surface area contributed by atoms with Crippen LogP contribution >= 0.6 is 0 Å². The highest BCUT2D eigenvalue weighted by atomic mass is 27.1. The van der Waals surface area contributed by atoms with Crippen molar-refractivity contribution >= 4 is 15.4 Å². The van der Waals surface area contributed by atoms with Crippen molar-refractivity contribution in [2.45, 2.75) is 0 Å². The molecule has 0 atom stereocenters. The Morgan fingerprint density at radius 3 is 2.71 bits per heavy atom. The largest absolute Gasteiger partial charge is 0.419 e. The highest BCUT2D eigenvalue weighted by Gasteiger charge is 1.80. The first-order valence-electron chi connectivity index (χ1n) is 2.36. The van der Waals surface area contributed by atoms with Crippen LogP contribution in [0, 0.1) is 0 Å². The van der Waals surface area contributed by atoms with Crippen molar-refractivity contribution in [2.75, 3.05) is 18.5 Å². The molecule has 7 heavy (non-hydrogen) atoms. The molecule has 0 aromatic carbocycles. The number of nitrogens with two attached hydrogens (primary N) is 2. The van der Waals surface area contributed by atoms with Gasteiger partial charge < -0.3 is 15.8 Å². The van der Waals surface area contributed by atoms with E-state index in [1.54, 1.807) is 0 Å². The van der Waals surface area contributed by atoms with Gasteiger partial charge in [0.2, 0.25) is 0 Å². The van der Waals surface area contributed by atoms with Crippen molar-refractivity contribution in [2.24, 2.45) is 10.5 Å². The van der Waals surface area contributed by atoms with E-state index in [2.05, 4.69) is 5.32 Å². The van der Waals surface area contributed by atoms with Crippen molar-refractivity contribution in [1.29, 1.82) is 0 Å². The minimum Gasteiger partial charge on any atom is -0.419 e. The summed E-state index contributed by atoms with van der Waals surface area (Å²) in [6.07, 6.45) is 0. The second kappa shape index (κ2) is 6.41. The maximum absolute atomic E-state index is 5.25. The molecule has 0 aliphatic rings. The van der Waals surface area contributed by atoms with Crippen LogP contribution in [0.15, 0.2) is 0 Å². The van der Waals surface area contributed by atoms with E-state index in [0.717, 1.165) is 12.0 Å². The predicted octanol–water partition coefficient (Wildman–Crippen LogP) is -1.93. The first-order valence-corrected chi connectivity index (χ1v) is 3.84. The number of nitrogens with one attached hydrogen (secondary N) is 1. The van der Waals surface area contributed by atoms with Gasteiger partial charge in [0.15, 0.2) is 0 Å². The Kier molecular flexibility index (Phi) is 6.79. The molecule has 0 unspecified atom stereocenters. The van der Waals surface area contributed by atoms with Crippen LogP contribution < -0.4 is 15.8 Å². The summed E-state index contributed by atoms with van der Waals surface area (Å²) in [5.41, 5.74) is 5.18. The van der Waals surface area contributed by atoms with Crippen molar-refractivity contribution in [3.05, 3.63) is 0 Å². The van der Waals surface area contributed by atoms with Gasteiger partial charge in [-0.15, -0.1) is 0 Å². The molecule has 3 nitrogen and oxygen atoms in total. The molecule has 0 aliphatic heterocycles. The Bertz CT molecular complexity index is 29.4. The molecule has 1 radical (unpaired) electrons. The number of hydrogen-bond donors (Lipinski definition) is 3. The first-order chi connectivity index (χ1) is 3.41. The van der Waals surface area contributed by atoms with Crippen molar-refractivity contribution in [1.82, 2.24) is 5.32 Å². The van der Waals surface area contributed by atoms with Crippen LogP contribution in [0.4, 0.5) is 0 Å². The summed E-state index contributed by atoms with van der Waals surface area (Å²) in [7, 11) is 0. The van der Waals surface area contributed by atoms with Crippen LogP contribution in [-0.4, -0.2) is 33.9 Å². The minimum absolute atomic E-state index is 0.114. The molecule has 41 valence electrons. The maximum atomic E-state index is 5.25. The first kappa shape index (κ1) is 7.41. The number of rotatable bonds is 4. The van der Waals surface area contributed by atoms with E-state index in [0.29, 0.717) is 6.54 Å². The summed E-state index contributed by atoms with van der Waals surface area (Å²) in [5.74, 6) is 0. The van der Waals surface area contributed by atoms with Crippen LogP contribution in [0.5, 0.6) is 0 Å². The standard InChI is InChI=1S/C3H9N2.Al.H2N/c1-5-3-2-4;;/h5H,1-4H2;;1H2/q;+1;-1. The summed E-state index contributed by atoms with van der Waals surface area (Å²) in [6, 6.07) is 0. The molecule has 0 bridgehead atoms. The fourth-order valence-electron chi connectivity index (χ4n) is 0.287. The summed E-state index contributed by atoms with van der Waals surface area (Å²) in [4.78, 5) is 0. The molecule has 0 aromatic rings. The fourth-order valence-corrected chi connectivity index (χ4v) is 0.658. The Morgan fingerprint density at radius 1 is 1.57 bits per heavy atom. The van der Waals surface area contributed by atoms with Crippen molar-refractivity contribution < 1.29 is 0 Å². The zero-order valence-corrected chi connectivity index (χ0v) is 5.51. The second-order valence-electron chi connectivity index (χ2n) is 1.23. The molecule has 0 spiro atoms. The predicted molar refractivity (Wildman–Crippen MR) is 31.9 cm³/mol. The second-order valence-corrected chi connectivity index (χ2v) is 2.11. The van der Waals surface area contributed by atoms with Gasteiger partial charge in [-0.3, -0.25) is 0 Å². The lowest BCUT2D eigenvalue weighted by Crippen LogP contribution is -2.29. The fraction of sp³-hybridized carbons (Fsp3) is 1.00. The monoisotopic (exact) mass is 116 g/mol. The van der Waals surface area contributed by atoms with Gasteiger partial charge in [0.1, 0.15) is 0 Å². The van der Waals surface area contributed by atoms with Gasteiger partial charge in [0, 0.05) is 13.1 Å². The Hall–Kier alpha value is 0.412. The highest BCUT2D eigenvalue weighted by Crippen LogP contribution is 1.47. The van der Waals surface area contributed by atoms with Gasteiger partial charge in [-0.2, -0.15) is 0 Å². The molecular weight excluding hydrogens is 105 g/mol. The third-order valence-corrected chi connectivity index (χ3v) is 1.11. The Morgan fingerprint density at radius 2 is 2.29 bits per heavy atom. The van der Waals surface area contributed by atoms with Crippen molar-refractivity contribution in [3.63, 3.8) is 0 Å². The third-order valence-electron chi connectivity index (χ3n) is 0.583. The van der Waals surface area contributed by atoms with E-state index in [1.165, 1.54) is 0 Å². The zero-order chi connectivity index (χ0) is 5.54. The molecule has 0 amide bonds. The molecule has 0 aliphatic carbocycles. The Balaban J connectivity index is 2.45. The average molecular weight is 116 g/mol. The molecule has 0 saturated heterocycles. The molecule has 5 N–H and O–H groups in total. The molecule has 0 rings (SSSR count). The summed E-state index contributed by atoms with van der Waals surface area (Å²) in [6.45, 7) is 1.60. The third kappa shape index (κ3) is 6.41. The van der Waals surface area contributed by atoms with Crippen LogP contribution in [0.2, 0.25) is 0 Å².